The molecular weight excluding hydrogens is 442 g/mol. The second kappa shape index (κ2) is 10.9. The first-order valence-corrected chi connectivity index (χ1v) is 11.9. The van der Waals surface area contributed by atoms with Gasteiger partial charge in [0.05, 0.1) is 47.8 Å². The maximum absolute atomic E-state index is 12.7. The number of carbonyl (C=O) groups is 1. The minimum Gasteiger partial charge on any atom is -0.379 e. The zero-order valence-electron chi connectivity index (χ0n) is 19.3. The van der Waals surface area contributed by atoms with E-state index in [0.29, 0.717) is 53.5 Å². The van der Waals surface area contributed by atoms with Crippen molar-refractivity contribution in [3.8, 4) is 11.3 Å². The van der Waals surface area contributed by atoms with E-state index in [1.807, 2.05) is 6.07 Å². The number of anilines is 1. The van der Waals surface area contributed by atoms with Crippen LogP contribution in [-0.4, -0.2) is 65.8 Å². The van der Waals surface area contributed by atoms with Gasteiger partial charge in [0.25, 0.3) is 0 Å². The van der Waals surface area contributed by atoms with Gasteiger partial charge in [-0.2, -0.15) is 0 Å². The SMILES string of the molecule is CC1(C)CC(CNc2cncc(-c3cc(CC(=O)[C@H]4CNCCOC4)ncc3Cl)n2)CCO1. The monoisotopic (exact) mass is 473 g/mol. The van der Waals surface area contributed by atoms with Crippen LogP contribution < -0.4 is 10.6 Å². The molecule has 0 amide bonds. The van der Waals surface area contributed by atoms with E-state index in [4.69, 9.17) is 26.1 Å². The van der Waals surface area contributed by atoms with Crippen LogP contribution in [0.2, 0.25) is 5.02 Å². The minimum atomic E-state index is -0.170. The molecule has 178 valence electrons. The molecule has 9 heteroatoms. The average Bonchev–Trinajstić information content (AvgIpc) is 3.08. The summed E-state index contributed by atoms with van der Waals surface area (Å²) in [5, 5.41) is 7.13. The van der Waals surface area contributed by atoms with Gasteiger partial charge in [-0.3, -0.25) is 14.8 Å². The first-order valence-electron chi connectivity index (χ1n) is 11.6. The van der Waals surface area contributed by atoms with Gasteiger partial charge in [-0.1, -0.05) is 11.6 Å². The molecule has 2 saturated heterocycles. The smallest absolute Gasteiger partial charge is 0.145 e. The molecule has 2 atom stereocenters. The summed E-state index contributed by atoms with van der Waals surface area (Å²) in [4.78, 5) is 26.2. The Hall–Kier alpha value is -2.13. The molecule has 2 aliphatic rings. The molecule has 4 rings (SSSR count). The van der Waals surface area contributed by atoms with E-state index in [2.05, 4.69) is 34.4 Å². The summed E-state index contributed by atoms with van der Waals surface area (Å²) in [5.74, 6) is 1.15. The molecule has 0 radical (unpaired) electrons. The number of ketones is 1. The van der Waals surface area contributed by atoms with Crippen molar-refractivity contribution in [1.29, 1.82) is 0 Å². The molecule has 0 saturated carbocycles. The highest BCUT2D eigenvalue weighted by Gasteiger charge is 2.28. The van der Waals surface area contributed by atoms with Crippen LogP contribution in [0.25, 0.3) is 11.3 Å². The summed E-state index contributed by atoms with van der Waals surface area (Å²) in [6.07, 6.45) is 7.23. The van der Waals surface area contributed by atoms with Crippen molar-refractivity contribution >= 4 is 23.2 Å². The van der Waals surface area contributed by atoms with Crippen molar-refractivity contribution in [1.82, 2.24) is 20.3 Å². The van der Waals surface area contributed by atoms with Crippen LogP contribution in [0.3, 0.4) is 0 Å². The third kappa shape index (κ3) is 6.69. The molecule has 8 nitrogen and oxygen atoms in total. The van der Waals surface area contributed by atoms with E-state index in [1.54, 1.807) is 18.6 Å². The predicted octanol–water partition coefficient (Wildman–Crippen LogP) is 3.16. The quantitative estimate of drug-likeness (QED) is 0.632. The molecule has 33 heavy (non-hydrogen) atoms. The van der Waals surface area contributed by atoms with Crippen molar-refractivity contribution in [3.05, 3.63) is 35.4 Å². The second-order valence-electron chi connectivity index (χ2n) is 9.41. The molecular formula is C24H32ClN5O3. The first kappa shape index (κ1) is 24.0. The van der Waals surface area contributed by atoms with Crippen molar-refractivity contribution < 1.29 is 14.3 Å². The molecule has 2 fully saturated rings. The fourth-order valence-electron chi connectivity index (χ4n) is 4.37. The normalized spacial score (nSPS) is 23.0. The molecule has 0 bridgehead atoms. The number of halogens is 1. The van der Waals surface area contributed by atoms with Crippen molar-refractivity contribution in [2.24, 2.45) is 11.8 Å². The van der Waals surface area contributed by atoms with Crippen LogP contribution >= 0.6 is 11.6 Å². The van der Waals surface area contributed by atoms with Crippen LogP contribution in [0, 0.1) is 11.8 Å². The van der Waals surface area contributed by atoms with Gasteiger partial charge < -0.3 is 20.1 Å². The molecule has 0 spiro atoms. The maximum Gasteiger partial charge on any atom is 0.145 e. The third-order valence-electron chi connectivity index (χ3n) is 6.14. The summed E-state index contributed by atoms with van der Waals surface area (Å²) in [5.41, 5.74) is 1.93. The summed E-state index contributed by atoms with van der Waals surface area (Å²) in [6.45, 7) is 8.32. The average molecular weight is 474 g/mol. The molecule has 2 aliphatic heterocycles. The number of ether oxygens (including phenoxy) is 2. The standard InChI is InChI=1S/C24H32ClN5O3/c1-24(2)9-16(3-5-33-24)10-29-23-14-27-13-21(30-23)19-7-18(28-12-20(19)25)8-22(31)17-11-26-4-6-32-15-17/h7,12-14,16-17,26H,3-6,8-11,15H2,1-2H3,(H,29,30)/t16?,17-/m0/s1. The Morgan fingerprint density at radius 1 is 1.30 bits per heavy atom. The Kier molecular flexibility index (Phi) is 7.90. The molecule has 2 N–H and O–H groups in total. The van der Waals surface area contributed by atoms with E-state index in [0.717, 1.165) is 32.5 Å². The van der Waals surface area contributed by atoms with Crippen molar-refractivity contribution in [2.45, 2.75) is 38.7 Å². The second-order valence-corrected chi connectivity index (χ2v) is 9.82. The van der Waals surface area contributed by atoms with E-state index >= 15 is 0 Å². The van der Waals surface area contributed by atoms with Gasteiger partial charge in [-0.05, 0) is 38.7 Å². The van der Waals surface area contributed by atoms with Crippen LogP contribution in [0.4, 0.5) is 5.82 Å². The number of pyridine rings is 1. The minimum absolute atomic E-state index is 0.0878. The van der Waals surface area contributed by atoms with E-state index in [-0.39, 0.29) is 23.7 Å². The Balaban J connectivity index is 1.43. The molecule has 4 heterocycles. The van der Waals surface area contributed by atoms with Gasteiger partial charge in [0.2, 0.25) is 0 Å². The first-order chi connectivity index (χ1) is 15.9. The van der Waals surface area contributed by atoms with Crippen LogP contribution in [0.15, 0.2) is 24.7 Å². The van der Waals surface area contributed by atoms with E-state index < -0.39 is 0 Å². The number of aromatic nitrogens is 3. The number of hydrogen-bond donors (Lipinski definition) is 2. The number of nitrogens with one attached hydrogen (secondary N) is 2. The Morgan fingerprint density at radius 2 is 2.18 bits per heavy atom. The third-order valence-corrected chi connectivity index (χ3v) is 6.44. The molecule has 2 aromatic heterocycles. The number of hydrogen-bond acceptors (Lipinski definition) is 8. The van der Waals surface area contributed by atoms with E-state index in [9.17, 15) is 4.79 Å². The lowest BCUT2D eigenvalue weighted by atomic mass is 9.88. The summed E-state index contributed by atoms with van der Waals surface area (Å²) < 4.78 is 11.3. The Labute approximate surface area is 199 Å². The highest BCUT2D eigenvalue weighted by molar-refractivity contribution is 6.33. The summed E-state index contributed by atoms with van der Waals surface area (Å²) in [6, 6.07) is 1.83. The van der Waals surface area contributed by atoms with Gasteiger partial charge in [0, 0.05) is 50.1 Å². The topological polar surface area (TPSA) is 98.3 Å². The van der Waals surface area contributed by atoms with Gasteiger partial charge in [-0.15, -0.1) is 0 Å². The van der Waals surface area contributed by atoms with Crippen LogP contribution in [0.1, 0.15) is 32.4 Å². The summed E-state index contributed by atoms with van der Waals surface area (Å²) in [7, 11) is 0. The van der Waals surface area contributed by atoms with Crippen LogP contribution in [-0.2, 0) is 20.7 Å². The Morgan fingerprint density at radius 3 is 3.03 bits per heavy atom. The lowest BCUT2D eigenvalue weighted by Crippen LogP contribution is -2.36. The Bertz CT molecular complexity index is 963. The highest BCUT2D eigenvalue weighted by Crippen LogP contribution is 2.30. The lowest BCUT2D eigenvalue weighted by Gasteiger charge is -2.35. The van der Waals surface area contributed by atoms with Gasteiger partial charge in [-0.25, -0.2) is 4.98 Å². The zero-order chi connectivity index (χ0) is 23.3. The summed E-state index contributed by atoms with van der Waals surface area (Å²) >= 11 is 6.44. The zero-order valence-corrected chi connectivity index (χ0v) is 20.0. The van der Waals surface area contributed by atoms with Crippen LogP contribution in [0.5, 0.6) is 0 Å². The van der Waals surface area contributed by atoms with Crippen molar-refractivity contribution in [2.75, 3.05) is 44.8 Å². The number of rotatable bonds is 7. The highest BCUT2D eigenvalue weighted by atomic mass is 35.5. The molecule has 0 aromatic carbocycles. The van der Waals surface area contributed by atoms with Crippen molar-refractivity contribution in [3.63, 3.8) is 0 Å². The predicted molar refractivity (Wildman–Crippen MR) is 127 cm³/mol. The van der Waals surface area contributed by atoms with Gasteiger partial charge in [0.1, 0.15) is 11.6 Å². The molecule has 1 unspecified atom stereocenters. The number of Topliss-reactive ketones (excluding diaryl/α,β-unsaturated/α-hetero) is 1. The largest absolute Gasteiger partial charge is 0.379 e. The molecule has 2 aromatic rings. The number of carbonyl (C=O) groups excluding carboxylic acids is 1. The molecule has 0 aliphatic carbocycles. The fraction of sp³-hybridized carbons (Fsp3) is 0.583. The van der Waals surface area contributed by atoms with E-state index in [1.165, 1.54) is 0 Å². The van der Waals surface area contributed by atoms with Gasteiger partial charge >= 0.3 is 0 Å². The lowest BCUT2D eigenvalue weighted by molar-refractivity contribution is -0.123. The number of nitrogens with zero attached hydrogens (tertiary/aromatic N) is 3. The maximum atomic E-state index is 12.7. The van der Waals surface area contributed by atoms with Gasteiger partial charge in [0.15, 0.2) is 0 Å². The fourth-order valence-corrected chi connectivity index (χ4v) is 4.57.